The summed E-state index contributed by atoms with van der Waals surface area (Å²) in [6, 6.07) is 5.05. The van der Waals surface area contributed by atoms with Crippen LogP contribution in [0.4, 0.5) is 10.1 Å². The molecule has 2 aromatic rings. The number of rotatable bonds is 3. The van der Waals surface area contributed by atoms with Crippen molar-refractivity contribution >= 4 is 39.0 Å². The van der Waals surface area contributed by atoms with Crippen LogP contribution >= 0.6 is 11.3 Å². The Balaban J connectivity index is 0.000000224. The van der Waals surface area contributed by atoms with E-state index in [0.717, 1.165) is 30.9 Å². The minimum atomic E-state index is -1.26. The van der Waals surface area contributed by atoms with E-state index in [1.54, 1.807) is 23.5 Å². The number of aliphatic carboxylic acids is 2. The summed E-state index contributed by atoms with van der Waals surface area (Å²) in [5.74, 6) is -2.67. The van der Waals surface area contributed by atoms with Gasteiger partial charge in [-0.3, -0.25) is 0 Å². The van der Waals surface area contributed by atoms with E-state index in [4.69, 9.17) is 10.2 Å². The number of piperazine rings is 1. The molecule has 1 aliphatic heterocycles. The van der Waals surface area contributed by atoms with Gasteiger partial charge in [-0.2, -0.15) is 0 Å². The van der Waals surface area contributed by atoms with Crippen LogP contribution in [0, 0.1) is 5.82 Å². The lowest BCUT2D eigenvalue weighted by Crippen LogP contribution is -2.43. The number of carboxylic acid groups (broad SMARTS) is 2. The lowest BCUT2D eigenvalue weighted by molar-refractivity contribution is -0.134. The quantitative estimate of drug-likeness (QED) is 0.734. The first-order valence-corrected chi connectivity index (χ1v) is 8.11. The molecule has 1 aromatic carbocycles. The maximum absolute atomic E-state index is 13.1. The molecule has 2 heterocycles. The molecule has 0 unspecified atom stereocenters. The van der Waals surface area contributed by atoms with Crippen molar-refractivity contribution in [3.63, 3.8) is 0 Å². The first-order valence-electron chi connectivity index (χ1n) is 7.23. The third-order valence-corrected chi connectivity index (χ3v) is 4.28. The number of thiophene rings is 1. The van der Waals surface area contributed by atoms with Gasteiger partial charge in [0.2, 0.25) is 0 Å². The van der Waals surface area contributed by atoms with Crippen molar-refractivity contribution in [2.45, 2.75) is 0 Å². The van der Waals surface area contributed by atoms with Crippen LogP contribution in [-0.2, 0) is 9.59 Å². The largest absolute Gasteiger partial charge is 0.478 e. The average molecular weight is 352 g/mol. The molecule has 0 atom stereocenters. The van der Waals surface area contributed by atoms with Crippen molar-refractivity contribution in [1.82, 2.24) is 5.32 Å². The lowest BCUT2D eigenvalue weighted by atomic mass is 10.2. The second kappa shape index (κ2) is 8.42. The standard InChI is InChI=1S/C12H13FN2S.C4H4O4/c13-9-1-2-10-11(8-16-12(10)7-9)15-5-3-14-4-6-15;5-3(6)1-2-4(7)8/h1-2,7-8,14H,3-6H2;1-2H,(H,5,6)(H,7,8). The second-order valence-electron chi connectivity index (χ2n) is 5.01. The van der Waals surface area contributed by atoms with Gasteiger partial charge in [-0.1, -0.05) is 0 Å². The van der Waals surface area contributed by atoms with E-state index in [-0.39, 0.29) is 5.82 Å². The van der Waals surface area contributed by atoms with E-state index < -0.39 is 11.9 Å². The number of fused-ring (bicyclic) bond motifs is 1. The molecule has 6 nitrogen and oxygen atoms in total. The van der Waals surface area contributed by atoms with Crippen molar-refractivity contribution in [3.8, 4) is 0 Å². The van der Waals surface area contributed by atoms with Crippen molar-refractivity contribution in [3.05, 3.63) is 41.5 Å². The lowest BCUT2D eigenvalue weighted by Gasteiger charge is -2.28. The number of anilines is 1. The van der Waals surface area contributed by atoms with E-state index >= 15 is 0 Å². The van der Waals surface area contributed by atoms with Crippen LogP contribution in [0.15, 0.2) is 35.7 Å². The molecule has 1 fully saturated rings. The highest BCUT2D eigenvalue weighted by Crippen LogP contribution is 2.33. The molecule has 24 heavy (non-hydrogen) atoms. The molecule has 3 N–H and O–H groups in total. The minimum Gasteiger partial charge on any atom is -0.478 e. The van der Waals surface area contributed by atoms with Crippen LogP contribution < -0.4 is 10.2 Å². The van der Waals surface area contributed by atoms with Gasteiger partial charge in [0, 0.05) is 53.8 Å². The fraction of sp³-hybridized carbons (Fsp3) is 0.250. The Morgan fingerprint density at radius 1 is 1.17 bits per heavy atom. The maximum Gasteiger partial charge on any atom is 0.328 e. The Hall–Kier alpha value is -2.45. The van der Waals surface area contributed by atoms with Crippen molar-refractivity contribution in [2.75, 3.05) is 31.1 Å². The summed E-state index contributed by atoms with van der Waals surface area (Å²) >= 11 is 1.62. The van der Waals surface area contributed by atoms with Gasteiger partial charge in [0.1, 0.15) is 5.82 Å². The monoisotopic (exact) mass is 352 g/mol. The molecule has 8 heteroatoms. The van der Waals surface area contributed by atoms with Gasteiger partial charge in [-0.05, 0) is 18.2 Å². The van der Waals surface area contributed by atoms with Crippen molar-refractivity contribution < 1.29 is 24.2 Å². The molecular weight excluding hydrogens is 335 g/mol. The first kappa shape index (κ1) is 17.9. The fourth-order valence-corrected chi connectivity index (χ4v) is 3.28. The predicted molar refractivity (Wildman–Crippen MR) is 91.3 cm³/mol. The average Bonchev–Trinajstić information content (AvgIpc) is 2.97. The number of halogens is 1. The van der Waals surface area contributed by atoms with Gasteiger partial charge in [0.25, 0.3) is 0 Å². The highest BCUT2D eigenvalue weighted by molar-refractivity contribution is 7.17. The zero-order valence-corrected chi connectivity index (χ0v) is 13.6. The number of hydrogen-bond donors (Lipinski definition) is 3. The second-order valence-corrected chi connectivity index (χ2v) is 5.92. The van der Waals surface area contributed by atoms with Gasteiger partial charge in [0.05, 0.1) is 5.69 Å². The Labute approximate surface area is 141 Å². The molecule has 0 bridgehead atoms. The van der Waals surface area contributed by atoms with Gasteiger partial charge >= 0.3 is 11.9 Å². The molecule has 1 aliphatic rings. The van der Waals surface area contributed by atoms with Gasteiger partial charge in [-0.15, -0.1) is 11.3 Å². The van der Waals surface area contributed by atoms with Crippen LogP contribution in [0.3, 0.4) is 0 Å². The molecular formula is C16H17FN2O4S. The highest BCUT2D eigenvalue weighted by Gasteiger charge is 2.14. The summed E-state index contributed by atoms with van der Waals surface area (Å²) in [4.78, 5) is 21.5. The maximum atomic E-state index is 13.1. The zero-order valence-electron chi connectivity index (χ0n) is 12.7. The molecule has 0 aliphatic carbocycles. The van der Waals surface area contributed by atoms with Gasteiger partial charge < -0.3 is 20.4 Å². The van der Waals surface area contributed by atoms with E-state index in [0.29, 0.717) is 12.2 Å². The summed E-state index contributed by atoms with van der Waals surface area (Å²) in [7, 11) is 0. The summed E-state index contributed by atoms with van der Waals surface area (Å²) in [5, 5.41) is 22.3. The molecule has 128 valence electrons. The summed E-state index contributed by atoms with van der Waals surface area (Å²) in [5.41, 5.74) is 1.25. The van der Waals surface area contributed by atoms with Crippen LogP contribution in [0.1, 0.15) is 0 Å². The topological polar surface area (TPSA) is 89.9 Å². The number of carboxylic acids is 2. The number of benzene rings is 1. The third-order valence-electron chi connectivity index (χ3n) is 3.34. The first-order chi connectivity index (χ1) is 11.5. The highest BCUT2D eigenvalue weighted by atomic mass is 32.1. The Morgan fingerprint density at radius 2 is 1.79 bits per heavy atom. The number of carbonyl (C=O) groups is 2. The molecule has 3 rings (SSSR count). The third kappa shape index (κ3) is 5.04. The normalized spacial score (nSPS) is 14.5. The Morgan fingerprint density at radius 3 is 2.38 bits per heavy atom. The van der Waals surface area contributed by atoms with E-state index in [2.05, 4.69) is 15.6 Å². The van der Waals surface area contributed by atoms with Crippen molar-refractivity contribution in [2.24, 2.45) is 0 Å². The smallest absolute Gasteiger partial charge is 0.328 e. The molecule has 0 amide bonds. The van der Waals surface area contributed by atoms with E-state index in [1.165, 1.54) is 11.1 Å². The number of nitrogens with zero attached hydrogens (tertiary/aromatic N) is 1. The molecule has 0 radical (unpaired) electrons. The van der Waals surface area contributed by atoms with E-state index in [9.17, 15) is 14.0 Å². The molecule has 0 spiro atoms. The fourth-order valence-electron chi connectivity index (χ4n) is 2.28. The van der Waals surface area contributed by atoms with Crippen molar-refractivity contribution in [1.29, 1.82) is 0 Å². The Kier molecular flexibility index (Phi) is 6.28. The summed E-state index contributed by atoms with van der Waals surface area (Å²) in [6.45, 7) is 4.11. The van der Waals surface area contributed by atoms with Crippen LogP contribution in [-0.4, -0.2) is 48.3 Å². The molecule has 1 aromatic heterocycles. The SMILES string of the molecule is Fc1ccc2c(N3CCNCC3)csc2c1.O=C(O)C=CC(=O)O. The molecule has 0 saturated carbocycles. The van der Waals surface area contributed by atoms with Crippen LogP contribution in [0.5, 0.6) is 0 Å². The van der Waals surface area contributed by atoms with E-state index in [1.807, 2.05) is 6.07 Å². The van der Waals surface area contributed by atoms with Gasteiger partial charge in [-0.25, -0.2) is 14.0 Å². The zero-order chi connectivity index (χ0) is 17.5. The summed E-state index contributed by atoms with van der Waals surface area (Å²) < 4.78 is 14.1. The predicted octanol–water partition coefficient (Wildman–Crippen LogP) is 2.16. The Bertz CT molecular complexity index is 738. The van der Waals surface area contributed by atoms with Crippen LogP contribution in [0.2, 0.25) is 0 Å². The minimum absolute atomic E-state index is 0.152. The number of hydrogen-bond acceptors (Lipinski definition) is 5. The summed E-state index contributed by atoms with van der Waals surface area (Å²) in [6.07, 6.45) is 1.12. The molecule has 1 saturated heterocycles. The van der Waals surface area contributed by atoms with Crippen LogP contribution in [0.25, 0.3) is 10.1 Å². The number of nitrogens with one attached hydrogen (secondary N) is 1. The van der Waals surface area contributed by atoms with Gasteiger partial charge in [0.15, 0.2) is 0 Å².